The minimum atomic E-state index is -3.47. The SMILES string of the molecule is Cc1cccc(S(=O)(=O)c2ccc3c(c2)[C@H]2CCNCCC2N3)c1. The summed E-state index contributed by atoms with van der Waals surface area (Å²) >= 11 is 0. The van der Waals surface area contributed by atoms with E-state index in [1.807, 2.05) is 25.1 Å². The van der Waals surface area contributed by atoms with E-state index in [-0.39, 0.29) is 0 Å². The van der Waals surface area contributed by atoms with Crippen molar-refractivity contribution < 1.29 is 8.42 Å². The first kappa shape index (κ1) is 15.7. The molecule has 2 aliphatic heterocycles. The van der Waals surface area contributed by atoms with Gasteiger partial charge in [0.1, 0.15) is 0 Å². The van der Waals surface area contributed by atoms with Gasteiger partial charge in [0.2, 0.25) is 9.84 Å². The van der Waals surface area contributed by atoms with E-state index in [9.17, 15) is 8.42 Å². The van der Waals surface area contributed by atoms with Crippen LogP contribution in [-0.2, 0) is 9.84 Å². The van der Waals surface area contributed by atoms with Crippen LogP contribution in [0, 0.1) is 6.92 Å². The molecule has 2 atom stereocenters. The monoisotopic (exact) mass is 342 g/mol. The molecule has 0 radical (unpaired) electrons. The molecule has 2 aliphatic rings. The van der Waals surface area contributed by atoms with E-state index in [0.717, 1.165) is 42.7 Å². The molecule has 2 N–H and O–H groups in total. The number of benzene rings is 2. The van der Waals surface area contributed by atoms with Crippen LogP contribution in [0.15, 0.2) is 52.3 Å². The van der Waals surface area contributed by atoms with Crippen LogP contribution in [0.4, 0.5) is 5.69 Å². The fraction of sp³-hybridized carbons (Fsp3) is 0.368. The van der Waals surface area contributed by atoms with Crippen LogP contribution in [0.1, 0.15) is 29.9 Å². The Labute approximate surface area is 143 Å². The van der Waals surface area contributed by atoms with Crippen molar-refractivity contribution in [2.45, 2.75) is 41.5 Å². The maximum atomic E-state index is 13.0. The van der Waals surface area contributed by atoms with E-state index in [0.29, 0.717) is 21.8 Å². The van der Waals surface area contributed by atoms with Gasteiger partial charge in [-0.1, -0.05) is 12.1 Å². The Morgan fingerprint density at radius 3 is 2.62 bits per heavy atom. The number of rotatable bonds is 2. The van der Waals surface area contributed by atoms with Gasteiger partial charge in [0, 0.05) is 17.6 Å². The Morgan fingerprint density at radius 1 is 1.00 bits per heavy atom. The second kappa shape index (κ2) is 5.90. The van der Waals surface area contributed by atoms with Gasteiger partial charge in [0.05, 0.1) is 9.79 Å². The lowest BCUT2D eigenvalue weighted by atomic mass is 9.91. The summed E-state index contributed by atoms with van der Waals surface area (Å²) in [6.07, 6.45) is 2.11. The number of aryl methyl sites for hydroxylation is 1. The highest BCUT2D eigenvalue weighted by atomic mass is 32.2. The number of hydrogen-bond donors (Lipinski definition) is 2. The Bertz CT molecular complexity index is 877. The zero-order valence-corrected chi connectivity index (χ0v) is 14.6. The molecule has 5 heteroatoms. The Kier molecular flexibility index (Phi) is 3.85. The Hall–Kier alpha value is -1.85. The van der Waals surface area contributed by atoms with Crippen LogP contribution in [0.2, 0.25) is 0 Å². The van der Waals surface area contributed by atoms with Crippen molar-refractivity contribution in [2.75, 3.05) is 18.4 Å². The van der Waals surface area contributed by atoms with Gasteiger partial charge < -0.3 is 10.6 Å². The molecule has 0 aromatic heterocycles. The molecule has 0 bridgehead atoms. The number of anilines is 1. The van der Waals surface area contributed by atoms with Crippen molar-refractivity contribution in [3.8, 4) is 0 Å². The molecule has 0 amide bonds. The second-order valence-electron chi connectivity index (χ2n) is 6.75. The number of hydrogen-bond acceptors (Lipinski definition) is 4. The average Bonchev–Trinajstić information content (AvgIpc) is 2.75. The van der Waals surface area contributed by atoms with Gasteiger partial charge in [-0.2, -0.15) is 0 Å². The Morgan fingerprint density at radius 2 is 1.79 bits per heavy atom. The van der Waals surface area contributed by atoms with E-state index in [4.69, 9.17) is 0 Å². The average molecular weight is 342 g/mol. The lowest BCUT2D eigenvalue weighted by Crippen LogP contribution is -2.21. The predicted octanol–water partition coefficient (Wildman–Crippen LogP) is 3.09. The molecule has 0 spiro atoms. The maximum Gasteiger partial charge on any atom is 0.206 e. The van der Waals surface area contributed by atoms with Crippen LogP contribution < -0.4 is 10.6 Å². The molecular formula is C19H22N2O2S. The second-order valence-corrected chi connectivity index (χ2v) is 8.70. The summed E-state index contributed by atoms with van der Waals surface area (Å²) in [7, 11) is -3.47. The lowest BCUT2D eigenvalue weighted by molar-refractivity contribution is 0.576. The molecule has 24 heavy (non-hydrogen) atoms. The molecule has 2 heterocycles. The molecule has 126 valence electrons. The maximum absolute atomic E-state index is 13.0. The first-order valence-electron chi connectivity index (χ1n) is 8.49. The molecule has 0 aliphatic carbocycles. The van der Waals surface area contributed by atoms with Crippen LogP contribution in [-0.4, -0.2) is 27.5 Å². The van der Waals surface area contributed by atoms with E-state index < -0.39 is 9.84 Å². The molecule has 1 saturated heterocycles. The molecule has 4 nitrogen and oxygen atoms in total. The van der Waals surface area contributed by atoms with Crippen molar-refractivity contribution >= 4 is 15.5 Å². The number of nitrogens with one attached hydrogen (secondary N) is 2. The highest BCUT2D eigenvalue weighted by Gasteiger charge is 2.34. The molecule has 0 saturated carbocycles. The zero-order chi connectivity index (χ0) is 16.7. The van der Waals surface area contributed by atoms with Crippen molar-refractivity contribution in [1.82, 2.24) is 5.32 Å². The fourth-order valence-electron chi connectivity index (χ4n) is 3.85. The summed E-state index contributed by atoms with van der Waals surface area (Å²) in [5.74, 6) is 0.391. The molecule has 1 fully saturated rings. The normalized spacial score (nSPS) is 23.0. The van der Waals surface area contributed by atoms with Gasteiger partial charge >= 0.3 is 0 Å². The third kappa shape index (κ3) is 2.62. The number of sulfone groups is 1. The summed E-state index contributed by atoms with van der Waals surface area (Å²) in [5.41, 5.74) is 3.20. The first-order chi connectivity index (χ1) is 11.6. The Balaban J connectivity index is 1.75. The van der Waals surface area contributed by atoms with Crippen molar-refractivity contribution in [1.29, 1.82) is 0 Å². The van der Waals surface area contributed by atoms with Gasteiger partial charge in [0.25, 0.3) is 0 Å². The third-order valence-electron chi connectivity index (χ3n) is 5.12. The standard InChI is InChI=1S/C19H22N2O2S/c1-13-3-2-4-14(11-13)24(22,23)15-5-6-18-17(12-15)16-7-9-20-10-8-19(16)21-18/h2-6,11-12,16,19-21H,7-10H2,1H3/t16-,19?/m1/s1. The van der Waals surface area contributed by atoms with Crippen LogP contribution in [0.25, 0.3) is 0 Å². The summed E-state index contributed by atoms with van der Waals surface area (Å²) in [6.45, 7) is 3.91. The van der Waals surface area contributed by atoms with Crippen LogP contribution >= 0.6 is 0 Å². The smallest absolute Gasteiger partial charge is 0.206 e. The van der Waals surface area contributed by atoms with E-state index in [1.165, 1.54) is 0 Å². The lowest BCUT2D eigenvalue weighted by Gasteiger charge is -2.16. The predicted molar refractivity (Wildman–Crippen MR) is 95.3 cm³/mol. The molecule has 1 unspecified atom stereocenters. The van der Waals surface area contributed by atoms with E-state index >= 15 is 0 Å². The molecule has 4 rings (SSSR count). The first-order valence-corrected chi connectivity index (χ1v) is 9.97. The molecular weight excluding hydrogens is 320 g/mol. The minimum Gasteiger partial charge on any atom is -0.381 e. The van der Waals surface area contributed by atoms with E-state index in [2.05, 4.69) is 10.6 Å². The summed E-state index contributed by atoms with van der Waals surface area (Å²) in [4.78, 5) is 0.763. The summed E-state index contributed by atoms with van der Waals surface area (Å²) in [6, 6.07) is 13.1. The van der Waals surface area contributed by atoms with Crippen molar-refractivity contribution in [3.63, 3.8) is 0 Å². The van der Waals surface area contributed by atoms with Crippen LogP contribution in [0.5, 0.6) is 0 Å². The largest absolute Gasteiger partial charge is 0.381 e. The third-order valence-corrected chi connectivity index (χ3v) is 6.87. The quantitative estimate of drug-likeness (QED) is 0.880. The highest BCUT2D eigenvalue weighted by Crippen LogP contribution is 2.41. The topological polar surface area (TPSA) is 58.2 Å². The van der Waals surface area contributed by atoms with Crippen LogP contribution in [0.3, 0.4) is 0 Å². The fourth-order valence-corrected chi connectivity index (χ4v) is 5.25. The molecule has 2 aromatic rings. The minimum absolute atomic E-state index is 0.368. The zero-order valence-electron chi connectivity index (χ0n) is 13.7. The summed E-state index contributed by atoms with van der Waals surface area (Å²) in [5, 5.41) is 6.99. The van der Waals surface area contributed by atoms with Gasteiger partial charge in [-0.05, 0) is 74.3 Å². The van der Waals surface area contributed by atoms with Crippen molar-refractivity contribution in [2.24, 2.45) is 0 Å². The van der Waals surface area contributed by atoms with Crippen molar-refractivity contribution in [3.05, 3.63) is 53.6 Å². The van der Waals surface area contributed by atoms with E-state index in [1.54, 1.807) is 24.3 Å². The number of fused-ring (bicyclic) bond motifs is 3. The highest BCUT2D eigenvalue weighted by molar-refractivity contribution is 7.91. The summed E-state index contributed by atoms with van der Waals surface area (Å²) < 4.78 is 26.0. The van der Waals surface area contributed by atoms with Gasteiger partial charge in [-0.25, -0.2) is 8.42 Å². The van der Waals surface area contributed by atoms with Gasteiger partial charge in [-0.15, -0.1) is 0 Å². The van der Waals surface area contributed by atoms with Gasteiger partial charge in [0.15, 0.2) is 0 Å². The van der Waals surface area contributed by atoms with Gasteiger partial charge in [-0.3, -0.25) is 0 Å². The molecule has 2 aromatic carbocycles.